The average molecular weight is 473 g/mol. The smallest absolute Gasteiger partial charge is 0.421 e. The minimum atomic E-state index is -4.68. The van der Waals surface area contributed by atoms with Crippen molar-refractivity contribution < 1.29 is 49.8 Å². The molecule has 8 nitrogen and oxygen atoms in total. The molecule has 0 radical (unpaired) electrons. The maximum absolute atomic E-state index is 12.1. The Kier molecular flexibility index (Phi) is 7.45. The van der Waals surface area contributed by atoms with Crippen LogP contribution < -0.4 is 5.32 Å². The number of hydrogen-bond acceptors (Lipinski definition) is 7. The van der Waals surface area contributed by atoms with E-state index in [2.05, 4.69) is 31.6 Å². The maximum Gasteiger partial charge on any atom is 0.522 e. The third kappa shape index (κ3) is 7.74. The maximum atomic E-state index is 12.1. The number of carbonyl (C=O) groups is 1. The van der Waals surface area contributed by atoms with Gasteiger partial charge in [0.2, 0.25) is 17.7 Å². The van der Waals surface area contributed by atoms with Crippen molar-refractivity contribution in [3.8, 4) is 0 Å². The Morgan fingerprint density at radius 3 is 2.47 bits per heavy atom. The van der Waals surface area contributed by atoms with E-state index in [9.17, 15) is 31.1 Å². The van der Waals surface area contributed by atoms with E-state index in [0.29, 0.717) is 12.0 Å². The molecule has 2 aliphatic rings. The SMILES string of the molecule is C=C(CCNC(=O)CO[C@H]1C[C@@H](OC(F)(F)F)C1)c1nnc([C@@H]2C[C@H]2COC(F)(F)F)o1. The van der Waals surface area contributed by atoms with Crippen LogP contribution in [0.3, 0.4) is 0 Å². The second kappa shape index (κ2) is 9.75. The van der Waals surface area contributed by atoms with E-state index in [4.69, 9.17) is 9.15 Å². The van der Waals surface area contributed by atoms with Crippen LogP contribution in [0.15, 0.2) is 11.0 Å². The molecule has 2 aliphatic carbocycles. The fourth-order valence-electron chi connectivity index (χ4n) is 3.11. The average Bonchev–Trinajstić information content (AvgIpc) is 3.25. The Morgan fingerprint density at radius 2 is 1.81 bits per heavy atom. The quantitative estimate of drug-likeness (QED) is 0.493. The van der Waals surface area contributed by atoms with E-state index in [1.54, 1.807) is 0 Å². The molecule has 32 heavy (non-hydrogen) atoms. The summed E-state index contributed by atoms with van der Waals surface area (Å²) in [4.78, 5) is 11.8. The normalized spacial score (nSPS) is 25.3. The highest BCUT2D eigenvalue weighted by atomic mass is 19.4. The molecule has 180 valence electrons. The highest BCUT2D eigenvalue weighted by Gasteiger charge is 2.45. The number of carbonyl (C=O) groups excluding carboxylic acids is 1. The number of nitrogens with one attached hydrogen (secondary N) is 1. The van der Waals surface area contributed by atoms with E-state index in [-0.39, 0.29) is 56.0 Å². The van der Waals surface area contributed by atoms with Crippen LogP contribution in [-0.4, -0.2) is 60.8 Å². The van der Waals surface area contributed by atoms with E-state index < -0.39 is 37.4 Å². The van der Waals surface area contributed by atoms with Gasteiger partial charge in [0.05, 0.1) is 18.8 Å². The van der Waals surface area contributed by atoms with Crippen LogP contribution in [0.25, 0.3) is 5.57 Å². The Hall–Kier alpha value is -2.19. The Balaban J connectivity index is 1.28. The zero-order chi connectivity index (χ0) is 23.5. The van der Waals surface area contributed by atoms with Crippen molar-refractivity contribution in [1.82, 2.24) is 15.5 Å². The summed E-state index contributed by atoms with van der Waals surface area (Å²) < 4.78 is 90.6. The molecule has 0 aromatic carbocycles. The second-order valence-corrected chi connectivity index (χ2v) is 7.60. The molecule has 14 heteroatoms. The van der Waals surface area contributed by atoms with Gasteiger partial charge in [0.15, 0.2) is 0 Å². The Bertz CT molecular complexity index is 806. The molecule has 0 saturated heterocycles. The lowest BCUT2D eigenvalue weighted by atomic mass is 9.92. The molecule has 1 aromatic heterocycles. The number of amides is 1. The number of nitrogens with zero attached hydrogens (tertiary/aromatic N) is 2. The first-order valence-electron chi connectivity index (χ1n) is 9.74. The highest BCUT2D eigenvalue weighted by Crippen LogP contribution is 2.47. The third-order valence-corrected chi connectivity index (χ3v) is 4.99. The summed E-state index contributed by atoms with van der Waals surface area (Å²) in [6, 6.07) is 0. The first-order chi connectivity index (χ1) is 14.9. The van der Waals surface area contributed by atoms with Gasteiger partial charge in [-0.1, -0.05) is 6.58 Å². The van der Waals surface area contributed by atoms with E-state index in [0.717, 1.165) is 0 Å². The van der Waals surface area contributed by atoms with Crippen molar-refractivity contribution in [2.24, 2.45) is 5.92 Å². The van der Waals surface area contributed by atoms with Gasteiger partial charge in [-0.2, -0.15) is 0 Å². The monoisotopic (exact) mass is 473 g/mol. The predicted octanol–water partition coefficient (Wildman–Crippen LogP) is 3.31. The summed E-state index contributed by atoms with van der Waals surface area (Å²) in [7, 11) is 0. The molecule has 0 spiro atoms. The van der Waals surface area contributed by atoms with Crippen molar-refractivity contribution in [3.63, 3.8) is 0 Å². The molecule has 2 atom stereocenters. The van der Waals surface area contributed by atoms with E-state index >= 15 is 0 Å². The van der Waals surface area contributed by atoms with Crippen LogP contribution in [0.1, 0.15) is 43.4 Å². The van der Waals surface area contributed by atoms with Crippen molar-refractivity contribution in [2.45, 2.75) is 56.5 Å². The molecule has 0 unspecified atom stereocenters. The highest BCUT2D eigenvalue weighted by molar-refractivity contribution is 5.77. The number of ether oxygens (including phenoxy) is 3. The van der Waals surface area contributed by atoms with Gasteiger partial charge < -0.3 is 14.5 Å². The zero-order valence-electron chi connectivity index (χ0n) is 16.7. The summed E-state index contributed by atoms with van der Waals surface area (Å²) in [5, 5.41) is 10.2. The minimum absolute atomic E-state index is 0.0628. The topological polar surface area (TPSA) is 95.7 Å². The van der Waals surface area contributed by atoms with E-state index in [1.165, 1.54) is 0 Å². The van der Waals surface area contributed by atoms with Gasteiger partial charge in [-0.25, -0.2) is 0 Å². The van der Waals surface area contributed by atoms with Crippen molar-refractivity contribution >= 4 is 11.5 Å². The summed E-state index contributed by atoms with van der Waals surface area (Å²) in [5.41, 5.74) is 0.430. The van der Waals surface area contributed by atoms with Gasteiger partial charge in [0, 0.05) is 30.9 Å². The molecule has 0 bridgehead atoms. The van der Waals surface area contributed by atoms with Crippen LogP contribution in [-0.2, 0) is 19.0 Å². The number of rotatable bonds is 11. The van der Waals surface area contributed by atoms with Crippen molar-refractivity contribution in [2.75, 3.05) is 19.8 Å². The molecular formula is C18H21F6N3O5. The second-order valence-electron chi connectivity index (χ2n) is 7.60. The fraction of sp³-hybridized carbons (Fsp3) is 0.722. The van der Waals surface area contributed by atoms with Crippen molar-refractivity contribution in [3.05, 3.63) is 18.4 Å². The summed E-state index contributed by atoms with van der Waals surface area (Å²) in [6.07, 6.45) is -9.94. The molecule has 2 saturated carbocycles. The number of aromatic nitrogens is 2. The first-order valence-corrected chi connectivity index (χ1v) is 9.74. The molecule has 0 aliphatic heterocycles. The van der Waals surface area contributed by atoms with Gasteiger partial charge >= 0.3 is 12.7 Å². The summed E-state index contributed by atoms with van der Waals surface area (Å²) in [5.74, 6) is -0.755. The van der Waals surface area contributed by atoms with Crippen LogP contribution in [0.5, 0.6) is 0 Å². The predicted molar refractivity (Wildman–Crippen MR) is 93.7 cm³/mol. The first kappa shape index (κ1) is 24.5. The standard InChI is InChI=1S/C18H21F6N3O5/c1-9(15-26-27-16(31-15)13-4-10(13)7-30-17(19,20)21)2-3-25-14(28)8-29-11-5-12(6-11)32-18(22,23)24/h10-13H,1-8H2,(H,25,28)/t10-,11-,12+,13+/m0/s1. The van der Waals surface area contributed by atoms with Crippen LogP contribution >= 0.6 is 0 Å². The molecule has 3 rings (SSSR count). The Morgan fingerprint density at radius 1 is 1.09 bits per heavy atom. The Labute approximate surface area is 178 Å². The number of halogens is 6. The summed E-state index contributed by atoms with van der Waals surface area (Å²) in [6.45, 7) is 3.18. The third-order valence-electron chi connectivity index (χ3n) is 4.99. The lowest BCUT2D eigenvalue weighted by molar-refractivity contribution is -0.357. The van der Waals surface area contributed by atoms with Gasteiger partial charge in [0.1, 0.15) is 6.61 Å². The molecule has 2 fully saturated rings. The van der Waals surface area contributed by atoms with Crippen LogP contribution in [0, 0.1) is 5.92 Å². The zero-order valence-corrected chi connectivity index (χ0v) is 16.7. The van der Waals surface area contributed by atoms with Gasteiger partial charge in [-0.3, -0.25) is 14.3 Å². The fourth-order valence-corrected chi connectivity index (χ4v) is 3.11. The van der Waals surface area contributed by atoms with E-state index in [1.807, 2.05) is 0 Å². The molecule has 1 amide bonds. The largest absolute Gasteiger partial charge is 0.522 e. The summed E-state index contributed by atoms with van der Waals surface area (Å²) >= 11 is 0. The number of hydrogen-bond donors (Lipinski definition) is 1. The minimum Gasteiger partial charge on any atom is -0.421 e. The molecular weight excluding hydrogens is 452 g/mol. The van der Waals surface area contributed by atoms with Gasteiger partial charge in [0.25, 0.3) is 0 Å². The van der Waals surface area contributed by atoms with Gasteiger partial charge in [-0.05, 0) is 18.8 Å². The lowest BCUT2D eigenvalue weighted by Crippen LogP contribution is -2.42. The number of alkyl halides is 6. The molecule has 1 aromatic rings. The van der Waals surface area contributed by atoms with Crippen LogP contribution in [0.2, 0.25) is 0 Å². The van der Waals surface area contributed by atoms with Crippen LogP contribution in [0.4, 0.5) is 26.3 Å². The van der Waals surface area contributed by atoms with Gasteiger partial charge in [-0.15, -0.1) is 36.5 Å². The molecule has 1 N–H and O–H groups in total. The molecule has 1 heterocycles. The lowest BCUT2D eigenvalue weighted by Gasteiger charge is -2.34. The van der Waals surface area contributed by atoms with Crippen molar-refractivity contribution in [1.29, 1.82) is 0 Å².